The Balaban J connectivity index is 1.71. The maximum atomic E-state index is 12.6. The monoisotopic (exact) mass is 438 g/mol. The van der Waals surface area contributed by atoms with Gasteiger partial charge in [0.2, 0.25) is 0 Å². The molecule has 3 amide bonds. The smallest absolute Gasteiger partial charge is 0.329 e. The highest BCUT2D eigenvalue weighted by Crippen LogP contribution is 2.38. The highest BCUT2D eigenvalue weighted by molar-refractivity contribution is 7.15. The predicted octanol–water partition coefficient (Wildman–Crippen LogP) is 2.97. The molecule has 3 heterocycles. The van der Waals surface area contributed by atoms with Crippen molar-refractivity contribution in [1.29, 1.82) is 5.26 Å². The summed E-state index contributed by atoms with van der Waals surface area (Å²) in [4.78, 5) is 38.3. The molecule has 1 N–H and O–H groups in total. The van der Waals surface area contributed by atoms with E-state index in [9.17, 15) is 19.6 Å². The Morgan fingerprint density at radius 2 is 2.06 bits per heavy atom. The van der Waals surface area contributed by atoms with Gasteiger partial charge in [-0.1, -0.05) is 0 Å². The summed E-state index contributed by atoms with van der Waals surface area (Å²) in [5.41, 5.74) is 4.56. The number of imide groups is 1. The molecule has 0 bridgehead atoms. The highest BCUT2D eigenvalue weighted by atomic mass is 32.1. The Hall–Kier alpha value is -3.38. The van der Waals surface area contributed by atoms with Crippen molar-refractivity contribution in [2.24, 2.45) is 0 Å². The van der Waals surface area contributed by atoms with E-state index in [1.54, 1.807) is 17.4 Å². The van der Waals surface area contributed by atoms with Crippen LogP contribution in [-0.2, 0) is 27.2 Å². The fraction of sp³-hybridized carbons (Fsp3) is 0.364. The van der Waals surface area contributed by atoms with Crippen molar-refractivity contribution in [2.45, 2.75) is 39.5 Å². The second kappa shape index (κ2) is 8.04. The number of carbonyl (C=O) groups is 3. The molecule has 1 aliphatic heterocycles. The van der Waals surface area contributed by atoms with E-state index in [2.05, 4.69) is 16.1 Å². The number of aromatic nitrogens is 1. The fourth-order valence-electron chi connectivity index (χ4n) is 4.13. The largest absolute Gasteiger partial charge is 0.468 e. The fourth-order valence-corrected chi connectivity index (χ4v) is 5.59. The first kappa shape index (κ1) is 20.9. The Bertz CT molecular complexity index is 1180. The van der Waals surface area contributed by atoms with Gasteiger partial charge in [-0.2, -0.15) is 5.26 Å². The topological polar surface area (TPSA) is 104 Å². The number of urea groups is 1. The van der Waals surface area contributed by atoms with E-state index in [0.717, 1.165) is 63.7 Å². The predicted molar refractivity (Wildman–Crippen MR) is 115 cm³/mol. The number of methoxy groups -OCH3 is 1. The van der Waals surface area contributed by atoms with Crippen LogP contribution in [0.5, 0.6) is 0 Å². The van der Waals surface area contributed by atoms with Crippen molar-refractivity contribution in [3.8, 4) is 11.1 Å². The van der Waals surface area contributed by atoms with Crippen LogP contribution in [0.2, 0.25) is 0 Å². The third-order valence-corrected chi connectivity index (χ3v) is 6.99. The number of amides is 3. The summed E-state index contributed by atoms with van der Waals surface area (Å²) in [6.07, 6.45) is 5.78. The quantitative estimate of drug-likeness (QED) is 0.449. The zero-order valence-corrected chi connectivity index (χ0v) is 18.4. The van der Waals surface area contributed by atoms with Crippen molar-refractivity contribution in [1.82, 2.24) is 14.8 Å². The summed E-state index contributed by atoms with van der Waals surface area (Å²) in [5, 5.41) is 13.3. The molecule has 0 atom stereocenters. The van der Waals surface area contributed by atoms with Gasteiger partial charge < -0.3 is 14.6 Å². The maximum absolute atomic E-state index is 12.6. The first-order valence-electron chi connectivity index (χ1n) is 10.0. The van der Waals surface area contributed by atoms with Crippen molar-refractivity contribution in [3.05, 3.63) is 44.7 Å². The number of ether oxygens (including phenoxy) is 1. The summed E-state index contributed by atoms with van der Waals surface area (Å²) in [5.74, 6) is -1.25. The van der Waals surface area contributed by atoms with Crippen LogP contribution >= 0.6 is 11.3 Å². The number of hydrogen-bond acceptors (Lipinski definition) is 6. The molecule has 0 unspecified atom stereocenters. The first-order valence-corrected chi connectivity index (χ1v) is 10.8. The highest BCUT2D eigenvalue weighted by Gasteiger charge is 2.35. The third kappa shape index (κ3) is 3.53. The summed E-state index contributed by atoms with van der Waals surface area (Å²) < 4.78 is 6.59. The Kier molecular flexibility index (Phi) is 5.41. The van der Waals surface area contributed by atoms with Gasteiger partial charge in [-0.25, -0.2) is 9.69 Å². The van der Waals surface area contributed by atoms with E-state index in [1.807, 2.05) is 24.5 Å². The summed E-state index contributed by atoms with van der Waals surface area (Å²) >= 11 is 1.66. The number of fused-ring (bicyclic) bond motifs is 1. The van der Waals surface area contributed by atoms with E-state index < -0.39 is 24.5 Å². The lowest BCUT2D eigenvalue weighted by Crippen LogP contribution is -2.36. The molecule has 1 aliphatic carbocycles. The van der Waals surface area contributed by atoms with E-state index >= 15 is 0 Å². The van der Waals surface area contributed by atoms with Gasteiger partial charge in [-0.3, -0.25) is 9.59 Å². The SMILES string of the molecule is COC(=O)CN1C(=O)N/C(=C/c2cc(C)n(-c3sc4c(c3C#N)CCCC4)c2C)C1=O. The van der Waals surface area contributed by atoms with Gasteiger partial charge in [-0.05, 0) is 62.8 Å². The molecule has 31 heavy (non-hydrogen) atoms. The van der Waals surface area contributed by atoms with Gasteiger partial charge in [0.25, 0.3) is 5.91 Å². The van der Waals surface area contributed by atoms with Crippen LogP contribution in [0, 0.1) is 25.2 Å². The van der Waals surface area contributed by atoms with Crippen LogP contribution < -0.4 is 5.32 Å². The minimum absolute atomic E-state index is 0.0973. The Morgan fingerprint density at radius 3 is 2.77 bits per heavy atom. The molecule has 2 aliphatic rings. The minimum atomic E-state index is -0.673. The van der Waals surface area contributed by atoms with Crippen molar-refractivity contribution in [3.63, 3.8) is 0 Å². The lowest BCUT2D eigenvalue weighted by atomic mass is 9.96. The molecule has 160 valence electrons. The lowest BCUT2D eigenvalue weighted by molar-refractivity contribution is -0.143. The number of thiophene rings is 1. The Morgan fingerprint density at radius 1 is 1.32 bits per heavy atom. The third-order valence-electron chi connectivity index (χ3n) is 5.71. The molecule has 4 rings (SSSR count). The lowest BCUT2D eigenvalue weighted by Gasteiger charge is -2.10. The molecule has 9 heteroatoms. The molecular formula is C22H22N4O4S. The molecule has 2 aromatic rings. The second-order valence-corrected chi connectivity index (χ2v) is 8.70. The van der Waals surface area contributed by atoms with Gasteiger partial charge in [0.15, 0.2) is 0 Å². The van der Waals surface area contributed by atoms with Crippen LogP contribution in [0.1, 0.15) is 45.8 Å². The van der Waals surface area contributed by atoms with Crippen molar-refractivity contribution < 1.29 is 19.1 Å². The number of esters is 1. The molecule has 8 nitrogen and oxygen atoms in total. The van der Waals surface area contributed by atoms with Crippen LogP contribution in [0.25, 0.3) is 11.1 Å². The zero-order chi connectivity index (χ0) is 22.3. The normalized spacial score (nSPS) is 17.0. The number of nitriles is 1. The number of nitrogens with zero attached hydrogens (tertiary/aromatic N) is 3. The van der Waals surface area contributed by atoms with E-state index in [4.69, 9.17) is 0 Å². The maximum Gasteiger partial charge on any atom is 0.329 e. The molecule has 1 saturated heterocycles. The molecule has 0 spiro atoms. The van der Waals surface area contributed by atoms with E-state index in [-0.39, 0.29) is 5.70 Å². The summed E-state index contributed by atoms with van der Waals surface area (Å²) in [6, 6.07) is 3.66. The number of nitrogens with one attached hydrogen (secondary N) is 1. The number of hydrogen-bond donors (Lipinski definition) is 1. The van der Waals surface area contributed by atoms with Gasteiger partial charge in [-0.15, -0.1) is 11.3 Å². The number of aryl methyl sites for hydroxylation is 2. The average molecular weight is 439 g/mol. The standard InChI is InChI=1S/C22H22N4O4S/c1-12-8-14(9-17-20(28)25(22(29)24-17)11-19(27)30-3)13(2)26(12)21-16(10-23)15-6-4-5-7-18(15)31-21/h8-9H,4-7,11H2,1-3H3,(H,24,29)/b17-9+. The molecule has 0 saturated carbocycles. The van der Waals surface area contributed by atoms with Crippen molar-refractivity contribution >= 4 is 35.3 Å². The molecule has 1 fully saturated rings. The minimum Gasteiger partial charge on any atom is -0.468 e. The Labute approximate surface area is 183 Å². The zero-order valence-electron chi connectivity index (χ0n) is 17.6. The summed E-state index contributed by atoms with van der Waals surface area (Å²) in [7, 11) is 1.20. The van der Waals surface area contributed by atoms with Gasteiger partial charge in [0.1, 0.15) is 23.3 Å². The van der Waals surface area contributed by atoms with Gasteiger partial charge in [0, 0.05) is 16.3 Å². The van der Waals surface area contributed by atoms with E-state index in [1.165, 1.54) is 12.0 Å². The molecule has 0 radical (unpaired) electrons. The second-order valence-electron chi connectivity index (χ2n) is 7.62. The van der Waals surface area contributed by atoms with Crippen LogP contribution in [0.4, 0.5) is 4.79 Å². The van der Waals surface area contributed by atoms with Crippen LogP contribution in [0.3, 0.4) is 0 Å². The van der Waals surface area contributed by atoms with Crippen LogP contribution in [-0.4, -0.2) is 41.0 Å². The molecular weight excluding hydrogens is 416 g/mol. The van der Waals surface area contributed by atoms with Crippen LogP contribution in [0.15, 0.2) is 11.8 Å². The van der Waals surface area contributed by atoms with Gasteiger partial charge >= 0.3 is 12.0 Å². The van der Waals surface area contributed by atoms with Crippen molar-refractivity contribution in [2.75, 3.05) is 13.7 Å². The molecule has 2 aromatic heterocycles. The average Bonchev–Trinajstić information content (AvgIpc) is 3.34. The molecule has 0 aromatic carbocycles. The van der Waals surface area contributed by atoms with Gasteiger partial charge in [0.05, 0.1) is 12.7 Å². The summed E-state index contributed by atoms with van der Waals surface area (Å²) in [6.45, 7) is 3.43. The number of carbonyl (C=O) groups excluding carboxylic acids is 3. The van der Waals surface area contributed by atoms with E-state index in [0.29, 0.717) is 0 Å². The first-order chi connectivity index (χ1) is 14.8. The number of rotatable bonds is 4.